The van der Waals surface area contributed by atoms with Crippen LogP contribution in [0.15, 0.2) is 35.6 Å². The number of ketones is 1. The number of hydrogen-bond donors (Lipinski definition) is 3. The van der Waals surface area contributed by atoms with Gasteiger partial charge in [-0.05, 0) is 96.1 Å². The SMILES string of the molecule is C=C1OC([C@](C)(O)[C@]2(O)CC[C@@]3(O)C4C[C@H]5O[C@]56CC=CC(=O)[C@]6(C)C4CC[C@]23CC)CC(C)=C1C. The molecule has 0 radical (unpaired) electrons. The molecule has 36 heavy (non-hydrogen) atoms. The Morgan fingerprint density at radius 3 is 2.58 bits per heavy atom. The molecule has 3 N–H and O–H groups in total. The summed E-state index contributed by atoms with van der Waals surface area (Å²) in [6.45, 7) is 13.8. The highest BCUT2D eigenvalue weighted by Gasteiger charge is 2.83. The minimum Gasteiger partial charge on any atom is -0.487 e. The van der Waals surface area contributed by atoms with Gasteiger partial charge in [-0.15, -0.1) is 0 Å². The molecular formula is C30H42O6. The predicted molar refractivity (Wildman–Crippen MR) is 135 cm³/mol. The number of fused-ring (bicyclic) bond motifs is 4. The van der Waals surface area contributed by atoms with E-state index < -0.39 is 39.3 Å². The van der Waals surface area contributed by atoms with Crippen molar-refractivity contribution in [2.24, 2.45) is 22.7 Å². The fraction of sp³-hybridized carbons (Fsp3) is 0.767. The maximum Gasteiger partial charge on any atom is 0.164 e. The summed E-state index contributed by atoms with van der Waals surface area (Å²) < 4.78 is 12.4. The number of ether oxygens (including phenoxy) is 2. The van der Waals surface area contributed by atoms with E-state index in [1.165, 1.54) is 0 Å². The van der Waals surface area contributed by atoms with Crippen molar-refractivity contribution in [1.29, 1.82) is 0 Å². The molecule has 0 bridgehead atoms. The second kappa shape index (κ2) is 7.13. The highest BCUT2D eigenvalue weighted by atomic mass is 16.6. The van der Waals surface area contributed by atoms with Crippen molar-refractivity contribution in [3.05, 3.63) is 35.6 Å². The van der Waals surface area contributed by atoms with Gasteiger partial charge in [-0.1, -0.05) is 25.2 Å². The monoisotopic (exact) mass is 498 g/mol. The molecular weight excluding hydrogens is 456 g/mol. The van der Waals surface area contributed by atoms with Crippen molar-refractivity contribution in [1.82, 2.24) is 0 Å². The van der Waals surface area contributed by atoms with Crippen molar-refractivity contribution >= 4 is 5.78 Å². The van der Waals surface area contributed by atoms with Crippen LogP contribution in [0.5, 0.6) is 0 Å². The molecule has 1 saturated heterocycles. The van der Waals surface area contributed by atoms with Crippen LogP contribution in [0.3, 0.4) is 0 Å². The molecule has 4 aliphatic carbocycles. The van der Waals surface area contributed by atoms with Crippen molar-refractivity contribution in [2.45, 2.75) is 121 Å². The summed E-state index contributed by atoms with van der Waals surface area (Å²) in [5.41, 5.74) is -4.32. The van der Waals surface area contributed by atoms with Crippen LogP contribution >= 0.6 is 0 Å². The highest BCUT2D eigenvalue weighted by molar-refractivity contribution is 5.97. The van der Waals surface area contributed by atoms with E-state index in [9.17, 15) is 20.1 Å². The number of carbonyl (C=O) groups excluding carboxylic acids is 1. The third-order valence-electron chi connectivity index (χ3n) is 12.5. The molecule has 198 valence electrons. The van der Waals surface area contributed by atoms with Crippen molar-refractivity contribution in [3.63, 3.8) is 0 Å². The third kappa shape index (κ3) is 2.47. The lowest BCUT2D eigenvalue weighted by Gasteiger charge is -2.64. The zero-order valence-corrected chi connectivity index (χ0v) is 22.4. The smallest absolute Gasteiger partial charge is 0.164 e. The number of allylic oxidation sites excluding steroid dienone is 2. The second-order valence-corrected chi connectivity index (χ2v) is 13.2. The minimum atomic E-state index is -1.60. The van der Waals surface area contributed by atoms with Gasteiger partial charge in [-0.25, -0.2) is 0 Å². The molecule has 6 heteroatoms. The van der Waals surface area contributed by atoms with Crippen LogP contribution < -0.4 is 0 Å². The number of rotatable bonds is 3. The molecule has 0 aromatic rings. The van der Waals surface area contributed by atoms with Gasteiger partial charge in [0.2, 0.25) is 0 Å². The summed E-state index contributed by atoms with van der Waals surface area (Å²) >= 11 is 0. The Kier molecular flexibility index (Phi) is 4.92. The van der Waals surface area contributed by atoms with Crippen LogP contribution in [0.1, 0.15) is 86.0 Å². The topological polar surface area (TPSA) is 99.5 Å². The van der Waals surface area contributed by atoms with Gasteiger partial charge in [0.25, 0.3) is 0 Å². The van der Waals surface area contributed by atoms with Gasteiger partial charge in [0.05, 0.1) is 17.1 Å². The molecule has 2 heterocycles. The van der Waals surface area contributed by atoms with Gasteiger partial charge in [-0.3, -0.25) is 4.79 Å². The van der Waals surface area contributed by atoms with Crippen molar-refractivity contribution in [2.75, 3.05) is 0 Å². The lowest BCUT2D eigenvalue weighted by atomic mass is 9.41. The van der Waals surface area contributed by atoms with E-state index in [2.05, 4.69) is 6.58 Å². The maximum absolute atomic E-state index is 13.4. The van der Waals surface area contributed by atoms with Gasteiger partial charge in [-0.2, -0.15) is 0 Å². The quantitative estimate of drug-likeness (QED) is 0.506. The second-order valence-electron chi connectivity index (χ2n) is 13.2. The van der Waals surface area contributed by atoms with Crippen LogP contribution in [-0.4, -0.2) is 55.7 Å². The van der Waals surface area contributed by atoms with E-state index in [0.29, 0.717) is 44.3 Å². The normalized spacial score (nSPS) is 53.1. The summed E-state index contributed by atoms with van der Waals surface area (Å²) in [5.74, 6) is 0.430. The zero-order chi connectivity index (χ0) is 26.1. The van der Waals surface area contributed by atoms with E-state index in [-0.39, 0.29) is 30.1 Å². The molecule has 0 aromatic carbocycles. The Morgan fingerprint density at radius 1 is 1.19 bits per heavy atom. The number of carbonyl (C=O) groups is 1. The van der Waals surface area contributed by atoms with Crippen molar-refractivity contribution < 1.29 is 29.6 Å². The Bertz CT molecular complexity index is 1100. The molecule has 6 nitrogen and oxygen atoms in total. The fourth-order valence-electron chi connectivity index (χ4n) is 9.98. The first-order chi connectivity index (χ1) is 16.8. The lowest BCUT2D eigenvalue weighted by Crippen LogP contribution is -2.73. The number of aliphatic hydroxyl groups is 3. The average molecular weight is 499 g/mol. The molecule has 6 aliphatic rings. The van der Waals surface area contributed by atoms with Crippen LogP contribution in [-0.2, 0) is 14.3 Å². The molecule has 2 aliphatic heterocycles. The standard InChI is InChI=1S/C30H42O6/c1-7-27-12-10-20-21(16-24-29(36-24)11-8-9-22(31)25(20,29)5)28(27,33)13-14-30(27,34)26(6,32)23-15-17(2)18(3)19(4)35-23/h8-9,20-21,23-24,32-34H,4,7,10-16H2,1-3,5-6H3/t20?,21?,23?,24-,25+,26+,27+,28-,29-,30-/m1/s1. The van der Waals surface area contributed by atoms with E-state index >= 15 is 0 Å². The van der Waals surface area contributed by atoms with Crippen LogP contribution in [0, 0.1) is 22.7 Å². The van der Waals surface area contributed by atoms with E-state index in [0.717, 1.165) is 17.6 Å². The predicted octanol–water partition coefficient (Wildman–Crippen LogP) is 4.13. The molecule has 1 spiro atoms. The molecule has 10 atom stereocenters. The summed E-state index contributed by atoms with van der Waals surface area (Å²) in [6, 6.07) is 0. The summed E-state index contributed by atoms with van der Waals surface area (Å²) in [5, 5.41) is 37.5. The van der Waals surface area contributed by atoms with Crippen LogP contribution in [0.4, 0.5) is 0 Å². The van der Waals surface area contributed by atoms with Crippen LogP contribution in [0.25, 0.3) is 0 Å². The van der Waals surface area contributed by atoms with E-state index in [4.69, 9.17) is 9.47 Å². The molecule has 3 unspecified atom stereocenters. The largest absolute Gasteiger partial charge is 0.487 e. The third-order valence-corrected chi connectivity index (χ3v) is 12.5. The molecule has 0 aromatic heterocycles. The fourth-order valence-corrected chi connectivity index (χ4v) is 9.98. The van der Waals surface area contributed by atoms with Crippen LogP contribution in [0.2, 0.25) is 0 Å². The van der Waals surface area contributed by atoms with E-state index in [1.54, 1.807) is 13.0 Å². The Labute approximate surface area is 214 Å². The van der Waals surface area contributed by atoms with Gasteiger partial charge < -0.3 is 24.8 Å². The minimum absolute atomic E-state index is 0.0239. The summed E-state index contributed by atoms with van der Waals surface area (Å²) in [6.07, 6.45) is 7.33. The molecule has 6 rings (SSSR count). The Balaban J connectivity index is 1.41. The van der Waals surface area contributed by atoms with Gasteiger partial charge in [0, 0.05) is 11.8 Å². The summed E-state index contributed by atoms with van der Waals surface area (Å²) in [4.78, 5) is 13.4. The first-order valence-electron chi connectivity index (χ1n) is 13.8. The molecule has 3 saturated carbocycles. The molecule has 0 amide bonds. The maximum atomic E-state index is 13.4. The Hall–Kier alpha value is -1.47. The van der Waals surface area contributed by atoms with Gasteiger partial charge >= 0.3 is 0 Å². The Morgan fingerprint density at radius 2 is 1.92 bits per heavy atom. The first kappa shape index (κ1) is 24.8. The molecule has 4 fully saturated rings. The first-order valence-corrected chi connectivity index (χ1v) is 13.8. The lowest BCUT2D eigenvalue weighted by molar-refractivity contribution is -0.288. The van der Waals surface area contributed by atoms with Gasteiger partial charge in [0.15, 0.2) is 5.78 Å². The number of hydrogen-bond acceptors (Lipinski definition) is 6. The zero-order valence-electron chi connectivity index (χ0n) is 22.4. The summed E-state index contributed by atoms with van der Waals surface area (Å²) in [7, 11) is 0. The van der Waals surface area contributed by atoms with Crippen molar-refractivity contribution in [3.8, 4) is 0 Å². The number of epoxide rings is 1. The average Bonchev–Trinajstić information content (AvgIpc) is 3.48. The van der Waals surface area contributed by atoms with Gasteiger partial charge in [0.1, 0.15) is 28.7 Å². The van der Waals surface area contributed by atoms with E-state index in [1.807, 2.05) is 33.8 Å². The highest BCUT2D eigenvalue weighted by Crippen LogP contribution is 2.75.